The third-order valence-electron chi connectivity index (χ3n) is 8.01. The van der Waals surface area contributed by atoms with Crippen molar-refractivity contribution in [1.29, 1.82) is 0 Å². The van der Waals surface area contributed by atoms with E-state index in [9.17, 15) is 4.79 Å². The van der Waals surface area contributed by atoms with Crippen LogP contribution in [0.5, 0.6) is 0 Å². The Morgan fingerprint density at radius 3 is 2.44 bits per heavy atom. The summed E-state index contributed by atoms with van der Waals surface area (Å²) in [5.74, 6) is 2.59. The van der Waals surface area contributed by atoms with Crippen molar-refractivity contribution in [2.24, 2.45) is 24.8 Å². The zero-order valence-electron chi connectivity index (χ0n) is 16.2. The van der Waals surface area contributed by atoms with Crippen molar-refractivity contribution >= 4 is 16.9 Å². The molecule has 0 atom stereocenters. The first-order chi connectivity index (χ1) is 13.1. The smallest absolute Gasteiger partial charge is 0.318 e. The molecule has 27 heavy (non-hydrogen) atoms. The van der Waals surface area contributed by atoms with E-state index in [0.29, 0.717) is 0 Å². The second-order valence-corrected chi connectivity index (χ2v) is 9.80. The molecular weight excluding hydrogens is 334 g/mol. The Labute approximate surface area is 160 Å². The SMILES string of the molecule is Cn1c2c(c3ccccc31)CN(C(=O)NC13CC4CC(CC(C4)C1)C3)CC2. The van der Waals surface area contributed by atoms with Gasteiger partial charge in [0.2, 0.25) is 0 Å². The van der Waals surface area contributed by atoms with E-state index in [1.54, 1.807) is 0 Å². The lowest BCUT2D eigenvalue weighted by Gasteiger charge is -2.57. The number of hydrogen-bond acceptors (Lipinski definition) is 1. The lowest BCUT2D eigenvalue weighted by Crippen LogP contribution is -2.62. The molecule has 4 fully saturated rings. The molecule has 0 spiro atoms. The Morgan fingerprint density at radius 1 is 1.07 bits per heavy atom. The van der Waals surface area contributed by atoms with E-state index in [4.69, 9.17) is 0 Å². The van der Waals surface area contributed by atoms with Crippen LogP contribution in [0.2, 0.25) is 0 Å². The van der Waals surface area contributed by atoms with Crippen LogP contribution in [0.15, 0.2) is 24.3 Å². The molecule has 7 rings (SSSR count). The highest BCUT2D eigenvalue weighted by Gasteiger charge is 2.51. The Bertz CT molecular complexity index is 892. The number of para-hydroxylation sites is 1. The van der Waals surface area contributed by atoms with Crippen molar-refractivity contribution in [2.75, 3.05) is 6.54 Å². The fourth-order valence-electron chi connectivity index (χ4n) is 7.27. The predicted octanol–water partition coefficient (Wildman–Crippen LogP) is 4.21. The van der Waals surface area contributed by atoms with Gasteiger partial charge in [-0.2, -0.15) is 0 Å². The number of benzene rings is 1. The van der Waals surface area contributed by atoms with Crippen molar-refractivity contribution in [1.82, 2.24) is 14.8 Å². The Balaban J connectivity index is 1.25. The van der Waals surface area contributed by atoms with Gasteiger partial charge in [-0.1, -0.05) is 18.2 Å². The number of carbonyl (C=O) groups excluding carboxylic acids is 1. The minimum absolute atomic E-state index is 0.102. The van der Waals surface area contributed by atoms with Gasteiger partial charge in [-0.3, -0.25) is 0 Å². The number of amides is 2. The van der Waals surface area contributed by atoms with Gasteiger partial charge in [-0.25, -0.2) is 4.79 Å². The highest BCUT2D eigenvalue weighted by Crippen LogP contribution is 2.55. The number of rotatable bonds is 1. The summed E-state index contributed by atoms with van der Waals surface area (Å²) in [5, 5.41) is 4.87. The van der Waals surface area contributed by atoms with Gasteiger partial charge in [0.15, 0.2) is 0 Å². The number of carbonyl (C=O) groups is 1. The highest BCUT2D eigenvalue weighted by molar-refractivity contribution is 5.86. The molecule has 0 radical (unpaired) electrons. The average Bonchev–Trinajstić information content (AvgIpc) is 2.93. The summed E-state index contributed by atoms with van der Waals surface area (Å²) in [6.07, 6.45) is 8.86. The number of urea groups is 1. The Morgan fingerprint density at radius 2 is 1.74 bits per heavy atom. The minimum Gasteiger partial charge on any atom is -0.347 e. The maximum absolute atomic E-state index is 13.2. The summed E-state index contributed by atoms with van der Waals surface area (Å²) in [5.41, 5.74) is 4.13. The zero-order chi connectivity index (χ0) is 18.2. The summed E-state index contributed by atoms with van der Waals surface area (Å²) in [7, 11) is 2.16. The van der Waals surface area contributed by atoms with Crippen LogP contribution in [0.25, 0.3) is 10.9 Å². The van der Waals surface area contributed by atoms with Crippen LogP contribution in [-0.2, 0) is 20.0 Å². The quantitative estimate of drug-likeness (QED) is 0.809. The minimum atomic E-state index is 0.102. The Hall–Kier alpha value is -1.97. The summed E-state index contributed by atoms with van der Waals surface area (Å²) in [4.78, 5) is 15.3. The molecule has 1 N–H and O–H groups in total. The molecule has 1 aromatic carbocycles. The van der Waals surface area contributed by atoms with Crippen LogP contribution in [0.1, 0.15) is 49.8 Å². The topological polar surface area (TPSA) is 37.3 Å². The number of hydrogen-bond donors (Lipinski definition) is 1. The number of nitrogens with zero attached hydrogens (tertiary/aromatic N) is 2. The van der Waals surface area contributed by atoms with E-state index < -0.39 is 0 Å². The van der Waals surface area contributed by atoms with Crippen molar-refractivity contribution < 1.29 is 4.79 Å². The van der Waals surface area contributed by atoms with Crippen molar-refractivity contribution in [3.63, 3.8) is 0 Å². The Kier molecular flexibility index (Phi) is 3.28. The molecule has 1 aliphatic heterocycles. The first kappa shape index (κ1) is 16.0. The lowest BCUT2D eigenvalue weighted by atomic mass is 9.53. The second-order valence-electron chi connectivity index (χ2n) is 9.80. The van der Waals surface area contributed by atoms with Gasteiger partial charge in [0.1, 0.15) is 0 Å². The van der Waals surface area contributed by atoms with Gasteiger partial charge in [0.25, 0.3) is 0 Å². The molecule has 1 aromatic heterocycles. The summed E-state index contributed by atoms with van der Waals surface area (Å²) < 4.78 is 2.32. The standard InChI is InChI=1S/C23H29N3O/c1-25-20-5-3-2-4-18(20)19-14-26(7-6-21(19)25)22(27)24-23-11-15-8-16(12-23)10-17(9-15)13-23/h2-5,15-17H,6-14H2,1H3,(H,24,27). The maximum atomic E-state index is 13.2. The molecule has 0 saturated heterocycles. The average molecular weight is 364 g/mol. The van der Waals surface area contributed by atoms with Crippen LogP contribution in [0.4, 0.5) is 4.79 Å². The van der Waals surface area contributed by atoms with Crippen molar-refractivity contribution in [3.05, 3.63) is 35.5 Å². The van der Waals surface area contributed by atoms with E-state index in [1.165, 1.54) is 60.7 Å². The van der Waals surface area contributed by atoms with Crippen molar-refractivity contribution in [2.45, 2.75) is 57.0 Å². The number of fused-ring (bicyclic) bond motifs is 3. The van der Waals surface area contributed by atoms with Gasteiger partial charge in [-0.15, -0.1) is 0 Å². The zero-order valence-corrected chi connectivity index (χ0v) is 16.2. The van der Waals surface area contributed by atoms with Crippen LogP contribution in [-0.4, -0.2) is 27.6 Å². The summed E-state index contributed by atoms with van der Waals surface area (Å²) >= 11 is 0. The first-order valence-electron chi connectivity index (χ1n) is 10.7. The van der Waals surface area contributed by atoms with E-state index in [-0.39, 0.29) is 11.6 Å². The van der Waals surface area contributed by atoms with Crippen LogP contribution in [0, 0.1) is 17.8 Å². The largest absolute Gasteiger partial charge is 0.347 e. The first-order valence-corrected chi connectivity index (χ1v) is 10.7. The molecule has 4 nitrogen and oxygen atoms in total. The molecule has 5 aliphatic rings. The molecule has 2 heterocycles. The second kappa shape index (κ2) is 5.52. The van der Waals surface area contributed by atoms with Crippen LogP contribution in [0.3, 0.4) is 0 Å². The molecular formula is C23H29N3O. The summed E-state index contributed by atoms with van der Waals surface area (Å²) in [6.45, 7) is 1.57. The molecule has 2 aromatic rings. The molecule has 4 saturated carbocycles. The highest BCUT2D eigenvalue weighted by atomic mass is 16.2. The van der Waals surface area contributed by atoms with E-state index >= 15 is 0 Å². The summed E-state index contributed by atoms with van der Waals surface area (Å²) in [6, 6.07) is 8.78. The van der Waals surface area contributed by atoms with Gasteiger partial charge in [0.05, 0.1) is 0 Å². The van der Waals surface area contributed by atoms with Gasteiger partial charge < -0.3 is 14.8 Å². The molecule has 2 amide bonds. The fourth-order valence-corrected chi connectivity index (χ4v) is 7.27. The van der Waals surface area contributed by atoms with Crippen LogP contribution >= 0.6 is 0 Å². The van der Waals surface area contributed by atoms with E-state index in [2.05, 4.69) is 46.1 Å². The molecule has 4 heteroatoms. The normalized spacial score (nSPS) is 34.1. The number of nitrogens with one attached hydrogen (secondary N) is 1. The number of aryl methyl sites for hydroxylation is 1. The molecule has 4 aliphatic carbocycles. The van der Waals surface area contributed by atoms with Gasteiger partial charge >= 0.3 is 6.03 Å². The van der Waals surface area contributed by atoms with E-state index in [0.717, 1.165) is 37.3 Å². The maximum Gasteiger partial charge on any atom is 0.318 e. The predicted molar refractivity (Wildman–Crippen MR) is 106 cm³/mol. The molecule has 0 unspecified atom stereocenters. The monoisotopic (exact) mass is 363 g/mol. The van der Waals surface area contributed by atoms with Gasteiger partial charge in [-0.05, 0) is 62.3 Å². The third kappa shape index (κ3) is 2.38. The van der Waals surface area contributed by atoms with Crippen molar-refractivity contribution in [3.8, 4) is 0 Å². The third-order valence-corrected chi connectivity index (χ3v) is 8.01. The van der Waals surface area contributed by atoms with Crippen LogP contribution < -0.4 is 5.32 Å². The molecule has 142 valence electrons. The lowest BCUT2D eigenvalue weighted by molar-refractivity contribution is -0.0159. The molecule has 4 bridgehead atoms. The number of aromatic nitrogens is 1. The van der Waals surface area contributed by atoms with E-state index in [1.807, 2.05) is 0 Å². The van der Waals surface area contributed by atoms with Gasteiger partial charge in [0, 0.05) is 54.3 Å². The fraction of sp³-hybridized carbons (Fsp3) is 0.609.